The molecule has 4 atom stereocenters. The summed E-state index contributed by atoms with van der Waals surface area (Å²) in [5.74, 6) is 1.77. The number of nitrogens with one attached hydrogen (secondary N) is 2. The number of aliphatic imine (C=N–C) groups is 1. The molecule has 1 saturated carbocycles. The third-order valence-electron chi connectivity index (χ3n) is 7.49. The fraction of sp³-hybridized carbons (Fsp3) is 0.625. The predicted octanol–water partition coefficient (Wildman–Crippen LogP) is 2.19. The first-order valence-corrected chi connectivity index (χ1v) is 12.0. The van der Waals surface area contributed by atoms with Crippen LogP contribution in [0.5, 0.6) is 5.75 Å². The van der Waals surface area contributed by atoms with Crippen molar-refractivity contribution in [3.8, 4) is 5.75 Å². The van der Waals surface area contributed by atoms with E-state index in [1.54, 1.807) is 0 Å². The van der Waals surface area contributed by atoms with Gasteiger partial charge < -0.3 is 20.7 Å². The number of hydrogen-bond donors (Lipinski definition) is 3. The van der Waals surface area contributed by atoms with Crippen LogP contribution in [0.15, 0.2) is 23.2 Å². The van der Waals surface area contributed by atoms with Gasteiger partial charge in [0.2, 0.25) is 17.8 Å². The molecule has 4 N–H and O–H groups in total. The highest BCUT2D eigenvalue weighted by atomic mass is 16.5. The van der Waals surface area contributed by atoms with E-state index in [-0.39, 0.29) is 23.8 Å². The average Bonchev–Trinajstić information content (AvgIpc) is 3.15. The first kappa shape index (κ1) is 21.2. The van der Waals surface area contributed by atoms with Crippen LogP contribution in [0.3, 0.4) is 0 Å². The van der Waals surface area contributed by atoms with Crippen molar-refractivity contribution in [1.82, 2.24) is 15.5 Å². The Bertz CT molecular complexity index is 917. The minimum absolute atomic E-state index is 0.0245. The van der Waals surface area contributed by atoms with Crippen LogP contribution in [0.2, 0.25) is 0 Å². The molecular weight excluding hydrogens is 406 g/mol. The Morgan fingerprint density at radius 2 is 2.09 bits per heavy atom. The van der Waals surface area contributed by atoms with Crippen LogP contribution in [0.1, 0.15) is 56.9 Å². The van der Waals surface area contributed by atoms with Gasteiger partial charge in [-0.25, -0.2) is 4.99 Å². The molecule has 4 aliphatic rings. The molecule has 0 aromatic heterocycles. The second-order valence-electron chi connectivity index (χ2n) is 9.63. The lowest BCUT2D eigenvalue weighted by molar-refractivity contribution is -0.123. The van der Waals surface area contributed by atoms with Crippen molar-refractivity contribution in [2.24, 2.45) is 22.6 Å². The molecule has 4 unspecified atom stereocenters. The molecular formula is C24H33N5O3. The van der Waals surface area contributed by atoms with Crippen molar-refractivity contribution < 1.29 is 14.3 Å². The van der Waals surface area contributed by atoms with Crippen molar-refractivity contribution in [3.63, 3.8) is 0 Å². The SMILES string of the molecule is NC(=O)C(CCCOc1ccc2c(c1)N=C1NC(=O)CN1C2)C1CCC2CCCCC2N1. The summed E-state index contributed by atoms with van der Waals surface area (Å²) in [6.07, 6.45) is 8.91. The van der Waals surface area contributed by atoms with Gasteiger partial charge in [0.05, 0.1) is 18.2 Å². The van der Waals surface area contributed by atoms with Crippen LogP contribution < -0.4 is 21.1 Å². The number of guanidine groups is 1. The fourth-order valence-corrected chi connectivity index (χ4v) is 5.79. The summed E-state index contributed by atoms with van der Waals surface area (Å²) >= 11 is 0. The average molecular weight is 440 g/mol. The van der Waals surface area contributed by atoms with Crippen LogP contribution in [-0.2, 0) is 16.1 Å². The minimum Gasteiger partial charge on any atom is -0.494 e. The zero-order chi connectivity index (χ0) is 22.1. The molecule has 3 aliphatic heterocycles. The van der Waals surface area contributed by atoms with Gasteiger partial charge >= 0.3 is 0 Å². The Morgan fingerprint density at radius 3 is 2.97 bits per heavy atom. The van der Waals surface area contributed by atoms with Gasteiger partial charge in [-0.3, -0.25) is 14.9 Å². The van der Waals surface area contributed by atoms with E-state index in [2.05, 4.69) is 15.6 Å². The Balaban J connectivity index is 1.13. The molecule has 172 valence electrons. The smallest absolute Gasteiger partial charge is 0.246 e. The maximum atomic E-state index is 12.2. The molecule has 8 heteroatoms. The minimum atomic E-state index is -0.204. The fourth-order valence-electron chi connectivity index (χ4n) is 5.79. The van der Waals surface area contributed by atoms with Crippen LogP contribution in [-0.4, -0.2) is 47.9 Å². The van der Waals surface area contributed by atoms with E-state index in [1.807, 2.05) is 23.1 Å². The van der Waals surface area contributed by atoms with Crippen molar-refractivity contribution in [2.75, 3.05) is 13.2 Å². The predicted molar refractivity (Wildman–Crippen MR) is 121 cm³/mol. The van der Waals surface area contributed by atoms with E-state index in [1.165, 1.54) is 32.1 Å². The molecule has 32 heavy (non-hydrogen) atoms. The number of amides is 2. The number of hydrogen-bond acceptors (Lipinski definition) is 6. The number of piperidine rings is 1. The summed E-state index contributed by atoms with van der Waals surface area (Å²) in [4.78, 5) is 30.3. The molecule has 5 rings (SSSR count). The molecule has 0 spiro atoms. The summed E-state index contributed by atoms with van der Waals surface area (Å²) < 4.78 is 5.97. The van der Waals surface area contributed by atoms with Crippen LogP contribution >= 0.6 is 0 Å². The van der Waals surface area contributed by atoms with Crippen molar-refractivity contribution >= 4 is 23.5 Å². The zero-order valence-corrected chi connectivity index (χ0v) is 18.5. The largest absolute Gasteiger partial charge is 0.494 e. The van der Waals surface area contributed by atoms with Crippen molar-refractivity contribution in [1.29, 1.82) is 0 Å². The molecule has 3 fully saturated rings. The van der Waals surface area contributed by atoms with E-state index < -0.39 is 0 Å². The number of nitrogens with zero attached hydrogens (tertiary/aromatic N) is 2. The molecule has 2 saturated heterocycles. The van der Waals surface area contributed by atoms with E-state index in [4.69, 9.17) is 10.5 Å². The molecule has 2 amide bonds. The van der Waals surface area contributed by atoms with Crippen molar-refractivity contribution in [2.45, 2.75) is 70.0 Å². The van der Waals surface area contributed by atoms with E-state index in [0.29, 0.717) is 31.7 Å². The molecule has 0 bridgehead atoms. The highest BCUT2D eigenvalue weighted by Gasteiger charge is 2.36. The van der Waals surface area contributed by atoms with Gasteiger partial charge in [0.1, 0.15) is 12.3 Å². The normalized spacial score (nSPS) is 27.5. The van der Waals surface area contributed by atoms with Gasteiger partial charge in [-0.15, -0.1) is 0 Å². The van der Waals surface area contributed by atoms with E-state index >= 15 is 0 Å². The van der Waals surface area contributed by atoms with Gasteiger partial charge in [-0.1, -0.05) is 18.9 Å². The maximum absolute atomic E-state index is 12.2. The lowest BCUT2D eigenvalue weighted by Gasteiger charge is -2.42. The van der Waals surface area contributed by atoms with Crippen molar-refractivity contribution in [3.05, 3.63) is 23.8 Å². The Hall–Kier alpha value is -2.61. The molecule has 0 radical (unpaired) electrons. The number of primary amides is 1. The summed E-state index contributed by atoms with van der Waals surface area (Å²) in [5.41, 5.74) is 7.70. The van der Waals surface area contributed by atoms with Gasteiger partial charge in [-0.05, 0) is 56.1 Å². The molecule has 1 aliphatic carbocycles. The second-order valence-corrected chi connectivity index (χ2v) is 9.63. The summed E-state index contributed by atoms with van der Waals surface area (Å²) in [5, 5.41) is 6.55. The molecule has 8 nitrogen and oxygen atoms in total. The molecule has 1 aromatic rings. The number of carbonyl (C=O) groups excluding carboxylic acids is 2. The number of nitrogens with two attached hydrogens (primary N) is 1. The van der Waals surface area contributed by atoms with Gasteiger partial charge in [-0.2, -0.15) is 0 Å². The number of carbonyl (C=O) groups is 2. The van der Waals surface area contributed by atoms with Gasteiger partial charge in [0.25, 0.3) is 0 Å². The number of rotatable bonds is 7. The van der Waals surface area contributed by atoms with E-state index in [0.717, 1.165) is 42.2 Å². The lowest BCUT2D eigenvalue weighted by atomic mass is 9.75. The monoisotopic (exact) mass is 439 g/mol. The highest BCUT2D eigenvalue weighted by Crippen LogP contribution is 2.35. The zero-order valence-electron chi connectivity index (χ0n) is 18.5. The highest BCUT2D eigenvalue weighted by molar-refractivity contribution is 6.05. The standard InChI is InChI=1S/C24H33N5O3/c25-23(31)18(20-10-8-15-4-1-2-6-19(15)26-20)5-3-11-32-17-9-7-16-13-29-14-22(30)28-24(29)27-21(16)12-17/h7,9,12,15,18-20,26H,1-6,8,10-11,13-14H2,(H2,25,31)(H,27,28,30). The molecule has 3 heterocycles. The van der Waals surface area contributed by atoms with Crippen LogP contribution in [0.4, 0.5) is 5.69 Å². The van der Waals surface area contributed by atoms with Gasteiger partial charge in [0, 0.05) is 24.7 Å². The summed E-state index contributed by atoms with van der Waals surface area (Å²) in [6.45, 7) is 1.55. The maximum Gasteiger partial charge on any atom is 0.246 e. The first-order valence-electron chi connectivity index (χ1n) is 12.0. The third kappa shape index (κ3) is 4.46. The topological polar surface area (TPSA) is 109 Å². The first-order chi connectivity index (χ1) is 15.6. The van der Waals surface area contributed by atoms with Gasteiger partial charge in [0.15, 0.2) is 0 Å². The Morgan fingerprint density at radius 1 is 1.22 bits per heavy atom. The summed E-state index contributed by atoms with van der Waals surface area (Å²) in [6, 6.07) is 6.62. The third-order valence-corrected chi connectivity index (χ3v) is 7.49. The quantitative estimate of drug-likeness (QED) is 0.565. The number of ether oxygens (including phenoxy) is 1. The second kappa shape index (κ2) is 9.10. The molecule has 1 aromatic carbocycles. The summed E-state index contributed by atoms with van der Waals surface area (Å²) in [7, 11) is 0. The van der Waals surface area contributed by atoms with E-state index in [9.17, 15) is 9.59 Å². The number of fused-ring (bicyclic) bond motifs is 3. The number of benzene rings is 1. The van der Waals surface area contributed by atoms with Crippen LogP contribution in [0, 0.1) is 11.8 Å². The van der Waals surface area contributed by atoms with Crippen LogP contribution in [0.25, 0.3) is 0 Å². The Kier molecular flexibility index (Phi) is 6.04. The lowest BCUT2D eigenvalue weighted by Crippen LogP contribution is -2.54. The Labute approximate surface area is 189 Å².